The fourth-order valence-corrected chi connectivity index (χ4v) is 3.55. The van der Waals surface area contributed by atoms with E-state index in [1.54, 1.807) is 0 Å². The molecule has 1 aliphatic heterocycles. The summed E-state index contributed by atoms with van der Waals surface area (Å²) in [6.45, 7) is 6.36. The Hall–Kier alpha value is -1.27. The number of hydrogen-bond donors (Lipinski definition) is 2. The van der Waals surface area contributed by atoms with E-state index < -0.39 is 5.60 Å². The minimum Gasteiger partial charge on any atom is -0.493 e. The molecule has 1 aliphatic carbocycles. The fourth-order valence-electron chi connectivity index (χ4n) is 3.17. The Bertz CT molecular complexity index is 609. The van der Waals surface area contributed by atoms with E-state index in [0.29, 0.717) is 12.1 Å². The van der Waals surface area contributed by atoms with Gasteiger partial charge in [0, 0.05) is 34.6 Å². The van der Waals surface area contributed by atoms with Gasteiger partial charge in [-0.2, -0.15) is 0 Å². The van der Waals surface area contributed by atoms with Crippen LogP contribution in [0.2, 0.25) is 0 Å². The highest BCUT2D eigenvalue weighted by Gasteiger charge is 2.34. The van der Waals surface area contributed by atoms with Crippen molar-refractivity contribution in [1.29, 1.82) is 0 Å². The van der Waals surface area contributed by atoms with Crippen LogP contribution in [-0.2, 0) is 4.74 Å². The normalized spacial score (nSPS) is 25.9. The van der Waals surface area contributed by atoms with Gasteiger partial charge in [-0.1, -0.05) is 15.9 Å². The zero-order valence-electron chi connectivity index (χ0n) is 14.4. The van der Waals surface area contributed by atoms with E-state index in [-0.39, 0.29) is 12.1 Å². The number of alkyl carbamates (subject to hydrolysis) is 1. The summed E-state index contributed by atoms with van der Waals surface area (Å²) in [5, 5.41) is 6.63. The number of fused-ring (bicyclic) bond motifs is 1. The number of hydrogen-bond acceptors (Lipinski definition) is 4. The molecule has 0 radical (unpaired) electrons. The van der Waals surface area contributed by atoms with E-state index in [2.05, 4.69) is 32.6 Å². The van der Waals surface area contributed by atoms with Crippen LogP contribution in [0.25, 0.3) is 0 Å². The Kier molecular flexibility index (Phi) is 5.06. The molecule has 1 aromatic carbocycles. The molecule has 1 aromatic rings. The summed E-state index contributed by atoms with van der Waals surface area (Å²) in [5.74, 6) is 0.963. The molecule has 24 heavy (non-hydrogen) atoms. The predicted molar refractivity (Wildman–Crippen MR) is 96.3 cm³/mol. The molecular weight excluding hydrogens is 372 g/mol. The Balaban J connectivity index is 1.49. The van der Waals surface area contributed by atoms with Gasteiger partial charge in [-0.25, -0.2) is 4.79 Å². The number of ether oxygens (including phenoxy) is 2. The molecule has 1 atom stereocenters. The maximum absolute atomic E-state index is 11.8. The van der Waals surface area contributed by atoms with E-state index in [1.165, 1.54) is 5.56 Å². The van der Waals surface area contributed by atoms with Crippen molar-refractivity contribution in [2.45, 2.75) is 63.8 Å². The van der Waals surface area contributed by atoms with E-state index >= 15 is 0 Å². The molecular formula is C18H25BrN2O3. The first-order valence-corrected chi connectivity index (χ1v) is 9.27. The van der Waals surface area contributed by atoms with Gasteiger partial charge in [-0.3, -0.25) is 0 Å². The monoisotopic (exact) mass is 396 g/mol. The van der Waals surface area contributed by atoms with Crippen molar-refractivity contribution in [3.05, 3.63) is 28.2 Å². The quantitative estimate of drug-likeness (QED) is 0.812. The lowest BCUT2D eigenvalue weighted by molar-refractivity contribution is 0.0461. The number of rotatable bonds is 3. The molecule has 1 heterocycles. The summed E-state index contributed by atoms with van der Waals surface area (Å²) in [6, 6.07) is 7.06. The molecule has 2 N–H and O–H groups in total. The average molecular weight is 397 g/mol. The van der Waals surface area contributed by atoms with Crippen LogP contribution in [0, 0.1) is 0 Å². The summed E-state index contributed by atoms with van der Waals surface area (Å²) < 4.78 is 12.1. The van der Waals surface area contributed by atoms with Crippen molar-refractivity contribution >= 4 is 22.0 Å². The highest BCUT2D eigenvalue weighted by atomic mass is 79.9. The van der Waals surface area contributed by atoms with Gasteiger partial charge in [0.05, 0.1) is 6.61 Å². The zero-order valence-corrected chi connectivity index (χ0v) is 16.0. The molecule has 1 saturated carbocycles. The van der Waals surface area contributed by atoms with E-state index in [9.17, 15) is 4.79 Å². The second-order valence-corrected chi connectivity index (χ2v) is 8.47. The molecule has 1 unspecified atom stereocenters. The fraction of sp³-hybridized carbons (Fsp3) is 0.611. The highest BCUT2D eigenvalue weighted by molar-refractivity contribution is 9.10. The van der Waals surface area contributed by atoms with E-state index in [1.807, 2.05) is 32.9 Å². The Morgan fingerprint density at radius 3 is 2.75 bits per heavy atom. The Morgan fingerprint density at radius 2 is 2.04 bits per heavy atom. The Labute approximate surface area is 151 Å². The maximum Gasteiger partial charge on any atom is 0.407 e. The second kappa shape index (κ2) is 6.92. The Morgan fingerprint density at radius 1 is 1.29 bits per heavy atom. The topological polar surface area (TPSA) is 59.6 Å². The lowest BCUT2D eigenvalue weighted by Crippen LogP contribution is -2.54. The second-order valence-electron chi connectivity index (χ2n) is 7.55. The summed E-state index contributed by atoms with van der Waals surface area (Å²) in [4.78, 5) is 11.8. The maximum atomic E-state index is 11.8. The first-order chi connectivity index (χ1) is 11.3. The van der Waals surface area contributed by atoms with E-state index in [0.717, 1.165) is 36.1 Å². The van der Waals surface area contributed by atoms with Crippen molar-refractivity contribution in [3.8, 4) is 5.75 Å². The van der Waals surface area contributed by atoms with Gasteiger partial charge in [-0.05, 0) is 51.8 Å². The van der Waals surface area contributed by atoms with Gasteiger partial charge in [0.25, 0.3) is 0 Å². The largest absolute Gasteiger partial charge is 0.493 e. The van der Waals surface area contributed by atoms with Crippen LogP contribution in [0.1, 0.15) is 51.6 Å². The van der Waals surface area contributed by atoms with Gasteiger partial charge >= 0.3 is 6.09 Å². The highest BCUT2D eigenvalue weighted by Crippen LogP contribution is 2.36. The molecule has 132 valence electrons. The minimum atomic E-state index is -0.454. The third-order valence-electron chi connectivity index (χ3n) is 4.31. The molecule has 3 rings (SSSR count). The van der Waals surface area contributed by atoms with Crippen LogP contribution in [-0.4, -0.2) is 30.4 Å². The summed E-state index contributed by atoms with van der Waals surface area (Å²) in [6.07, 6.45) is 2.50. The number of amides is 1. The van der Waals surface area contributed by atoms with Gasteiger partial charge < -0.3 is 20.1 Å². The minimum absolute atomic E-state index is 0.194. The molecule has 6 heteroatoms. The first-order valence-electron chi connectivity index (χ1n) is 8.48. The molecule has 2 aliphatic rings. The average Bonchev–Trinajstić information content (AvgIpc) is 2.43. The number of benzene rings is 1. The van der Waals surface area contributed by atoms with Gasteiger partial charge in [0.1, 0.15) is 11.4 Å². The summed E-state index contributed by atoms with van der Waals surface area (Å²) >= 11 is 3.53. The smallest absolute Gasteiger partial charge is 0.407 e. The summed E-state index contributed by atoms with van der Waals surface area (Å²) in [7, 11) is 0. The van der Waals surface area contributed by atoms with Crippen molar-refractivity contribution < 1.29 is 14.3 Å². The van der Waals surface area contributed by atoms with Crippen molar-refractivity contribution in [2.75, 3.05) is 6.61 Å². The predicted octanol–water partition coefficient (Wildman–Crippen LogP) is 3.92. The standard InChI is InChI=1S/C18H25BrN2O3/c1-18(2,3)24-17(22)21-13-9-12(10-13)20-15-6-7-23-16-5-4-11(19)8-14(15)16/h4-5,8,12-13,15,20H,6-7,9-10H2,1-3H3,(H,21,22). The third-order valence-corrected chi connectivity index (χ3v) is 4.80. The lowest BCUT2D eigenvalue weighted by Gasteiger charge is -2.40. The first kappa shape index (κ1) is 17.5. The van der Waals surface area contributed by atoms with Crippen molar-refractivity contribution in [1.82, 2.24) is 10.6 Å². The van der Waals surface area contributed by atoms with Gasteiger partial charge in [0.15, 0.2) is 0 Å². The zero-order chi connectivity index (χ0) is 17.3. The SMILES string of the molecule is CC(C)(C)OC(=O)NC1CC(NC2CCOc3ccc(Br)cc32)C1. The van der Waals surface area contributed by atoms with Crippen LogP contribution in [0.5, 0.6) is 5.75 Å². The molecule has 0 spiro atoms. The number of carbonyl (C=O) groups excluding carboxylic acids is 1. The number of nitrogens with one attached hydrogen (secondary N) is 2. The number of carbonyl (C=O) groups is 1. The van der Waals surface area contributed by atoms with Crippen LogP contribution in [0.3, 0.4) is 0 Å². The molecule has 0 bridgehead atoms. The van der Waals surface area contributed by atoms with Crippen LogP contribution in [0.4, 0.5) is 4.79 Å². The van der Waals surface area contributed by atoms with Crippen molar-refractivity contribution in [3.63, 3.8) is 0 Å². The summed E-state index contributed by atoms with van der Waals surface area (Å²) in [5.41, 5.74) is 0.754. The lowest BCUT2D eigenvalue weighted by atomic mass is 9.85. The van der Waals surface area contributed by atoms with E-state index in [4.69, 9.17) is 9.47 Å². The molecule has 1 amide bonds. The molecule has 0 aromatic heterocycles. The van der Waals surface area contributed by atoms with Crippen LogP contribution >= 0.6 is 15.9 Å². The third kappa shape index (κ3) is 4.42. The molecule has 0 saturated heterocycles. The van der Waals surface area contributed by atoms with Crippen LogP contribution < -0.4 is 15.4 Å². The van der Waals surface area contributed by atoms with Gasteiger partial charge in [0.2, 0.25) is 0 Å². The van der Waals surface area contributed by atoms with Crippen LogP contribution in [0.15, 0.2) is 22.7 Å². The van der Waals surface area contributed by atoms with Gasteiger partial charge in [-0.15, -0.1) is 0 Å². The molecule has 1 fully saturated rings. The molecule has 5 nitrogen and oxygen atoms in total. The van der Waals surface area contributed by atoms with Crippen molar-refractivity contribution in [2.24, 2.45) is 0 Å². The number of halogens is 1.